The third-order valence-electron chi connectivity index (χ3n) is 3.47. The fourth-order valence-electron chi connectivity index (χ4n) is 2.31. The minimum Gasteiger partial charge on any atom is -0.350 e. The quantitative estimate of drug-likeness (QED) is 0.660. The van der Waals surface area contributed by atoms with Gasteiger partial charge in [-0.25, -0.2) is 4.79 Å². The van der Waals surface area contributed by atoms with Crippen molar-refractivity contribution in [3.8, 4) is 10.6 Å². The predicted octanol–water partition coefficient (Wildman–Crippen LogP) is 0.743. The van der Waals surface area contributed by atoms with Gasteiger partial charge < -0.3 is 10.6 Å². The first kappa shape index (κ1) is 15.2. The van der Waals surface area contributed by atoms with Crippen LogP contribution in [0.25, 0.3) is 10.6 Å². The minimum atomic E-state index is -0.724. The molecule has 2 aromatic rings. The number of hydrogen-bond acceptors (Lipinski definition) is 5. The van der Waals surface area contributed by atoms with E-state index < -0.39 is 12.1 Å². The maximum absolute atomic E-state index is 12.2. The van der Waals surface area contributed by atoms with Crippen molar-refractivity contribution in [1.82, 2.24) is 26.1 Å². The summed E-state index contributed by atoms with van der Waals surface area (Å²) in [6, 6.07) is 2.54. The van der Waals surface area contributed by atoms with Crippen molar-refractivity contribution < 1.29 is 14.4 Å². The van der Waals surface area contributed by atoms with Crippen LogP contribution in [0.5, 0.6) is 0 Å². The standard InChI is InChI=1S/C14H15N5O3S/c20-11-4-3-9(17-14(22)18-11)13(21)15-6-8-7-16-19-12(8)10-2-1-5-23-10/h1-2,5,7,9H,3-4,6H2,(H,15,21)(H,16,19)(H2,17,18,20,22)/t9-/m0/s1. The Bertz CT molecular complexity index is 725. The van der Waals surface area contributed by atoms with E-state index in [4.69, 9.17) is 0 Å². The largest absolute Gasteiger partial charge is 0.350 e. The molecule has 0 radical (unpaired) electrons. The number of urea groups is 1. The van der Waals surface area contributed by atoms with Gasteiger partial charge in [-0.15, -0.1) is 11.3 Å². The van der Waals surface area contributed by atoms with Crippen LogP contribution in [0, 0.1) is 0 Å². The molecule has 0 spiro atoms. The van der Waals surface area contributed by atoms with E-state index in [9.17, 15) is 14.4 Å². The first-order valence-electron chi connectivity index (χ1n) is 7.07. The maximum atomic E-state index is 12.2. The fraction of sp³-hybridized carbons (Fsp3) is 0.286. The van der Waals surface area contributed by atoms with Gasteiger partial charge in [0, 0.05) is 18.5 Å². The van der Waals surface area contributed by atoms with Crippen molar-refractivity contribution in [2.24, 2.45) is 0 Å². The molecule has 8 nitrogen and oxygen atoms in total. The Morgan fingerprint density at radius 2 is 2.30 bits per heavy atom. The van der Waals surface area contributed by atoms with Crippen LogP contribution in [-0.4, -0.2) is 34.1 Å². The number of hydrogen-bond donors (Lipinski definition) is 4. The summed E-state index contributed by atoms with van der Waals surface area (Å²) in [6.45, 7) is 0.288. The second kappa shape index (κ2) is 6.61. The highest BCUT2D eigenvalue weighted by Gasteiger charge is 2.26. The number of nitrogens with zero attached hydrogens (tertiary/aromatic N) is 1. The number of carbonyl (C=O) groups is 3. The summed E-state index contributed by atoms with van der Waals surface area (Å²) < 4.78 is 0. The number of thiophene rings is 1. The molecule has 3 heterocycles. The predicted molar refractivity (Wildman–Crippen MR) is 83.4 cm³/mol. The summed E-state index contributed by atoms with van der Waals surface area (Å²) in [7, 11) is 0. The summed E-state index contributed by atoms with van der Waals surface area (Å²) in [5.41, 5.74) is 1.72. The van der Waals surface area contributed by atoms with E-state index in [0.717, 1.165) is 16.1 Å². The second-order valence-electron chi connectivity index (χ2n) is 5.08. The SMILES string of the molecule is O=C1CC[C@@H](C(=O)NCc2cn[nH]c2-c2cccs2)NC(=O)N1. The van der Waals surface area contributed by atoms with Crippen LogP contribution >= 0.6 is 11.3 Å². The molecular formula is C14H15N5O3S. The fourth-order valence-corrected chi connectivity index (χ4v) is 3.07. The molecular weight excluding hydrogens is 318 g/mol. The van der Waals surface area contributed by atoms with Crippen molar-refractivity contribution in [2.75, 3.05) is 0 Å². The highest BCUT2D eigenvalue weighted by Crippen LogP contribution is 2.25. The topological polar surface area (TPSA) is 116 Å². The van der Waals surface area contributed by atoms with E-state index in [1.807, 2.05) is 17.5 Å². The number of aromatic amines is 1. The van der Waals surface area contributed by atoms with E-state index in [2.05, 4.69) is 26.1 Å². The van der Waals surface area contributed by atoms with Gasteiger partial charge in [-0.3, -0.25) is 20.0 Å². The maximum Gasteiger partial charge on any atom is 0.322 e. The summed E-state index contributed by atoms with van der Waals surface area (Å²) in [5.74, 6) is -0.708. The minimum absolute atomic E-state index is 0.128. The lowest BCUT2D eigenvalue weighted by Gasteiger charge is -2.14. The number of aromatic nitrogens is 2. The zero-order chi connectivity index (χ0) is 16.2. The Morgan fingerprint density at radius 1 is 1.43 bits per heavy atom. The second-order valence-corrected chi connectivity index (χ2v) is 6.03. The lowest BCUT2D eigenvalue weighted by atomic mass is 10.1. The van der Waals surface area contributed by atoms with E-state index in [-0.39, 0.29) is 31.2 Å². The van der Waals surface area contributed by atoms with Crippen LogP contribution in [0.1, 0.15) is 18.4 Å². The van der Waals surface area contributed by atoms with Crippen LogP contribution in [0.3, 0.4) is 0 Å². The number of H-pyrrole nitrogens is 1. The molecule has 4 amide bonds. The Kier molecular flexibility index (Phi) is 4.38. The summed E-state index contributed by atoms with van der Waals surface area (Å²) in [5, 5.41) is 16.3. The summed E-state index contributed by atoms with van der Waals surface area (Å²) in [6.07, 6.45) is 2.06. The average molecular weight is 333 g/mol. The van der Waals surface area contributed by atoms with Crippen LogP contribution in [-0.2, 0) is 16.1 Å². The molecule has 1 fully saturated rings. The number of imide groups is 1. The summed E-state index contributed by atoms with van der Waals surface area (Å²) in [4.78, 5) is 35.9. The van der Waals surface area contributed by atoms with Crippen LogP contribution in [0.4, 0.5) is 4.79 Å². The van der Waals surface area contributed by atoms with Crippen molar-refractivity contribution in [2.45, 2.75) is 25.4 Å². The third-order valence-corrected chi connectivity index (χ3v) is 4.36. The lowest BCUT2D eigenvalue weighted by Crippen LogP contribution is -2.48. The zero-order valence-electron chi connectivity index (χ0n) is 12.1. The first-order valence-corrected chi connectivity index (χ1v) is 7.95. The van der Waals surface area contributed by atoms with Gasteiger partial charge in [0.05, 0.1) is 16.8 Å². The van der Waals surface area contributed by atoms with Crippen molar-refractivity contribution >= 4 is 29.2 Å². The zero-order valence-corrected chi connectivity index (χ0v) is 12.9. The Balaban J connectivity index is 1.62. The molecule has 0 saturated carbocycles. The van der Waals surface area contributed by atoms with Gasteiger partial charge >= 0.3 is 6.03 Å². The average Bonchev–Trinajstić information content (AvgIpc) is 3.16. The Labute approximate surface area is 135 Å². The summed E-state index contributed by atoms with van der Waals surface area (Å²) >= 11 is 1.57. The number of carbonyl (C=O) groups excluding carboxylic acids is 3. The molecule has 0 unspecified atom stereocenters. The lowest BCUT2D eigenvalue weighted by molar-refractivity contribution is -0.123. The van der Waals surface area contributed by atoms with Crippen molar-refractivity contribution in [1.29, 1.82) is 0 Å². The number of nitrogens with one attached hydrogen (secondary N) is 4. The van der Waals surface area contributed by atoms with Crippen molar-refractivity contribution in [3.63, 3.8) is 0 Å². The molecule has 9 heteroatoms. The molecule has 120 valence electrons. The third kappa shape index (κ3) is 3.57. The van der Waals surface area contributed by atoms with E-state index in [1.54, 1.807) is 17.5 Å². The molecule has 23 heavy (non-hydrogen) atoms. The van der Waals surface area contributed by atoms with Gasteiger partial charge in [-0.1, -0.05) is 6.07 Å². The molecule has 2 aromatic heterocycles. The van der Waals surface area contributed by atoms with Gasteiger partial charge in [-0.2, -0.15) is 5.10 Å². The molecule has 1 aliphatic heterocycles. The van der Waals surface area contributed by atoms with Crippen molar-refractivity contribution in [3.05, 3.63) is 29.3 Å². The van der Waals surface area contributed by atoms with Gasteiger partial charge in [0.15, 0.2) is 0 Å². The van der Waals surface area contributed by atoms with E-state index in [0.29, 0.717) is 0 Å². The highest BCUT2D eigenvalue weighted by molar-refractivity contribution is 7.13. The van der Waals surface area contributed by atoms with Gasteiger partial charge in [0.1, 0.15) is 6.04 Å². The molecule has 0 aromatic carbocycles. The number of amides is 4. The van der Waals surface area contributed by atoms with E-state index >= 15 is 0 Å². The van der Waals surface area contributed by atoms with Crippen LogP contribution in [0.2, 0.25) is 0 Å². The molecule has 1 aliphatic rings. The van der Waals surface area contributed by atoms with Gasteiger partial charge in [-0.05, 0) is 17.9 Å². The monoisotopic (exact) mass is 333 g/mol. The van der Waals surface area contributed by atoms with Gasteiger partial charge in [0.2, 0.25) is 11.8 Å². The van der Waals surface area contributed by atoms with Crippen LogP contribution in [0.15, 0.2) is 23.7 Å². The van der Waals surface area contributed by atoms with Gasteiger partial charge in [0.25, 0.3) is 0 Å². The Hall–Kier alpha value is -2.68. The van der Waals surface area contributed by atoms with E-state index in [1.165, 1.54) is 0 Å². The van der Waals surface area contributed by atoms with Crippen LogP contribution < -0.4 is 16.0 Å². The molecule has 0 aliphatic carbocycles. The normalized spacial score (nSPS) is 18.0. The molecule has 1 atom stereocenters. The smallest absolute Gasteiger partial charge is 0.322 e. The highest BCUT2D eigenvalue weighted by atomic mass is 32.1. The molecule has 0 bridgehead atoms. The molecule has 4 N–H and O–H groups in total. The Morgan fingerprint density at radius 3 is 3.09 bits per heavy atom. The molecule has 1 saturated heterocycles. The molecule has 3 rings (SSSR count). The first-order chi connectivity index (χ1) is 11.1. The number of rotatable bonds is 4.